The third-order valence-electron chi connectivity index (χ3n) is 5.40. The summed E-state index contributed by atoms with van der Waals surface area (Å²) in [7, 11) is 0. The van der Waals surface area contributed by atoms with Gasteiger partial charge in [0.2, 0.25) is 0 Å². The van der Waals surface area contributed by atoms with Crippen molar-refractivity contribution in [3.05, 3.63) is 119 Å². The molecule has 5 rings (SSSR count). The number of para-hydroxylation sites is 2. The van der Waals surface area contributed by atoms with E-state index in [1.807, 2.05) is 0 Å². The molecule has 0 spiro atoms. The third kappa shape index (κ3) is 4.23. The number of aromatic nitrogens is 3. The molecule has 0 fully saturated rings. The molecule has 174 valence electrons. The van der Waals surface area contributed by atoms with E-state index in [-0.39, 0.29) is 22.5 Å². The molecular weight excluding hydrogens is 460 g/mol. The maximum absolute atomic E-state index is 14.3. The van der Waals surface area contributed by atoms with Crippen molar-refractivity contribution >= 4 is 17.1 Å². The number of hydrogen-bond donors (Lipinski definition) is 0. The predicted octanol–water partition coefficient (Wildman–Crippen LogP) is 5.89. The molecule has 0 unspecified atom stereocenters. The first kappa shape index (κ1) is 22.3. The van der Waals surface area contributed by atoms with Gasteiger partial charge in [-0.05, 0) is 48.5 Å². The summed E-state index contributed by atoms with van der Waals surface area (Å²) < 4.78 is 56.8. The molecule has 9 heteroatoms. The number of alkyl halides is 3. The molecule has 0 aliphatic rings. The van der Waals surface area contributed by atoms with Crippen LogP contribution in [0.2, 0.25) is 0 Å². The van der Waals surface area contributed by atoms with Crippen LogP contribution in [0.15, 0.2) is 101 Å². The van der Waals surface area contributed by atoms with Gasteiger partial charge >= 0.3 is 6.18 Å². The zero-order valence-corrected chi connectivity index (χ0v) is 17.9. The monoisotopic (exact) mass is 476 g/mol. The molecule has 5 nitrogen and oxygen atoms in total. The molecule has 0 aliphatic heterocycles. The normalized spacial score (nSPS) is 12.0. The van der Waals surface area contributed by atoms with Crippen molar-refractivity contribution in [3.63, 3.8) is 0 Å². The first-order valence-electron chi connectivity index (χ1n) is 10.5. The van der Waals surface area contributed by atoms with Crippen LogP contribution < -0.4 is 5.56 Å². The van der Waals surface area contributed by atoms with Crippen LogP contribution in [0.1, 0.15) is 11.3 Å². The van der Waals surface area contributed by atoms with Crippen molar-refractivity contribution in [2.24, 2.45) is 5.10 Å². The van der Waals surface area contributed by atoms with Crippen molar-refractivity contribution in [2.75, 3.05) is 0 Å². The minimum atomic E-state index is -4.57. The fourth-order valence-electron chi connectivity index (χ4n) is 3.73. The number of rotatable bonds is 4. The average Bonchev–Trinajstić information content (AvgIpc) is 3.31. The largest absolute Gasteiger partial charge is 0.416 e. The highest BCUT2D eigenvalue weighted by Gasteiger charge is 2.31. The molecule has 0 saturated carbocycles. The van der Waals surface area contributed by atoms with E-state index in [0.29, 0.717) is 11.2 Å². The molecule has 0 radical (unpaired) electrons. The minimum Gasteiger partial charge on any atom is -0.313 e. The highest BCUT2D eigenvalue weighted by Crippen LogP contribution is 2.32. The minimum absolute atomic E-state index is 0.0555. The molecule has 35 heavy (non-hydrogen) atoms. The van der Waals surface area contributed by atoms with Crippen LogP contribution >= 0.6 is 0 Å². The van der Waals surface area contributed by atoms with E-state index in [4.69, 9.17) is 0 Å². The molecule has 3 aromatic carbocycles. The van der Waals surface area contributed by atoms with Crippen LogP contribution in [0, 0.1) is 5.82 Å². The van der Waals surface area contributed by atoms with Crippen LogP contribution in [0.25, 0.3) is 28.0 Å². The zero-order valence-electron chi connectivity index (χ0n) is 17.9. The second-order valence-corrected chi connectivity index (χ2v) is 7.65. The van der Waals surface area contributed by atoms with E-state index in [1.54, 1.807) is 65.4 Å². The first-order chi connectivity index (χ1) is 16.8. The summed E-state index contributed by atoms with van der Waals surface area (Å²) in [6.07, 6.45) is -1.60. The molecular formula is C26H16F4N4O. The Morgan fingerprint density at radius 1 is 0.886 bits per heavy atom. The summed E-state index contributed by atoms with van der Waals surface area (Å²) in [5.41, 5.74) is -0.300. The van der Waals surface area contributed by atoms with Crippen molar-refractivity contribution in [1.82, 2.24) is 14.2 Å². The van der Waals surface area contributed by atoms with Gasteiger partial charge in [0.25, 0.3) is 5.56 Å². The quantitative estimate of drug-likeness (QED) is 0.240. The highest BCUT2D eigenvalue weighted by molar-refractivity contribution is 5.81. The van der Waals surface area contributed by atoms with Crippen LogP contribution in [0.5, 0.6) is 0 Å². The lowest BCUT2D eigenvalue weighted by molar-refractivity contribution is -0.137. The number of hydrogen-bond acceptors (Lipinski definition) is 3. The van der Waals surface area contributed by atoms with Crippen molar-refractivity contribution in [1.29, 1.82) is 0 Å². The summed E-state index contributed by atoms with van der Waals surface area (Å²) in [5.74, 6) is -0.507. The number of benzene rings is 3. The zero-order chi connectivity index (χ0) is 24.6. The number of fused-ring (bicyclic) bond motifs is 1. The van der Waals surface area contributed by atoms with E-state index in [9.17, 15) is 22.4 Å². The van der Waals surface area contributed by atoms with Gasteiger partial charge in [-0.2, -0.15) is 22.9 Å². The van der Waals surface area contributed by atoms with Gasteiger partial charge < -0.3 is 4.57 Å². The Labute approximate surface area is 196 Å². The van der Waals surface area contributed by atoms with Gasteiger partial charge in [0.15, 0.2) is 5.82 Å². The van der Waals surface area contributed by atoms with E-state index >= 15 is 0 Å². The molecule has 2 aromatic heterocycles. The fraction of sp³-hybridized carbons (Fsp3) is 0.0385. The topological polar surface area (TPSA) is 52.2 Å². The lowest BCUT2D eigenvalue weighted by Crippen LogP contribution is -2.20. The van der Waals surface area contributed by atoms with Crippen LogP contribution in [0.3, 0.4) is 0 Å². The molecule has 0 atom stereocenters. The van der Waals surface area contributed by atoms with Crippen molar-refractivity contribution in [3.8, 4) is 17.1 Å². The molecule has 2 heterocycles. The summed E-state index contributed by atoms with van der Waals surface area (Å²) >= 11 is 0. The van der Waals surface area contributed by atoms with Crippen LogP contribution in [0.4, 0.5) is 17.6 Å². The summed E-state index contributed by atoms with van der Waals surface area (Å²) in [6.45, 7) is 0. The lowest BCUT2D eigenvalue weighted by Gasteiger charge is -2.12. The van der Waals surface area contributed by atoms with Gasteiger partial charge in [-0.1, -0.05) is 36.4 Å². The van der Waals surface area contributed by atoms with E-state index < -0.39 is 23.1 Å². The SMILES string of the molecule is O=c1c2ccccc2nc(-c2cccc(C(F)(F)F)c2)n1N=Cc1cccn1-c1ccccc1F. The number of nitrogens with zero attached hydrogens (tertiary/aromatic N) is 4. The lowest BCUT2D eigenvalue weighted by atomic mass is 10.1. The summed E-state index contributed by atoms with van der Waals surface area (Å²) in [5, 5.41) is 4.53. The predicted molar refractivity (Wildman–Crippen MR) is 125 cm³/mol. The molecule has 0 bridgehead atoms. The Morgan fingerprint density at radius 2 is 1.66 bits per heavy atom. The van der Waals surface area contributed by atoms with Gasteiger partial charge in [0.05, 0.1) is 34.1 Å². The average molecular weight is 476 g/mol. The van der Waals surface area contributed by atoms with E-state index in [1.165, 1.54) is 24.4 Å². The molecule has 0 N–H and O–H groups in total. The molecule has 0 aliphatic carbocycles. The fourth-order valence-corrected chi connectivity index (χ4v) is 3.73. The Hall–Kier alpha value is -4.53. The second-order valence-electron chi connectivity index (χ2n) is 7.65. The van der Waals surface area contributed by atoms with Crippen LogP contribution in [-0.4, -0.2) is 20.4 Å². The van der Waals surface area contributed by atoms with Crippen LogP contribution in [-0.2, 0) is 6.18 Å². The van der Waals surface area contributed by atoms with Gasteiger partial charge in [0, 0.05) is 11.8 Å². The van der Waals surface area contributed by atoms with Gasteiger partial charge in [0.1, 0.15) is 5.82 Å². The summed E-state index contributed by atoms with van der Waals surface area (Å²) in [6, 6.07) is 20.6. The van der Waals surface area contributed by atoms with E-state index in [2.05, 4.69) is 10.1 Å². The summed E-state index contributed by atoms with van der Waals surface area (Å²) in [4.78, 5) is 17.7. The Morgan fingerprint density at radius 3 is 2.46 bits per heavy atom. The third-order valence-corrected chi connectivity index (χ3v) is 5.40. The molecule has 0 saturated heterocycles. The van der Waals surface area contributed by atoms with Crippen molar-refractivity contribution < 1.29 is 17.6 Å². The highest BCUT2D eigenvalue weighted by atomic mass is 19.4. The standard InChI is InChI=1S/C26H16F4N4O/c27-21-11-2-4-13-23(21)33-14-6-9-19(33)16-31-34-24(17-7-5-8-18(15-17)26(28,29)30)32-22-12-3-1-10-20(22)25(34)35/h1-16H. The maximum Gasteiger partial charge on any atom is 0.416 e. The Balaban J connectivity index is 1.69. The molecule has 5 aromatic rings. The van der Waals surface area contributed by atoms with Gasteiger partial charge in [-0.15, -0.1) is 0 Å². The van der Waals surface area contributed by atoms with E-state index in [0.717, 1.165) is 16.8 Å². The smallest absolute Gasteiger partial charge is 0.313 e. The molecule has 0 amide bonds. The van der Waals surface area contributed by atoms with Crippen molar-refractivity contribution in [2.45, 2.75) is 6.18 Å². The van der Waals surface area contributed by atoms with Gasteiger partial charge in [-0.25, -0.2) is 9.37 Å². The first-order valence-corrected chi connectivity index (χ1v) is 10.5. The maximum atomic E-state index is 14.3. The van der Waals surface area contributed by atoms with Gasteiger partial charge in [-0.3, -0.25) is 4.79 Å². The Bertz CT molecular complexity index is 1630. The Kier molecular flexibility index (Phi) is 5.52. The second kappa shape index (κ2) is 8.68. The number of halogens is 4.